The molecule has 0 aliphatic carbocycles. The van der Waals surface area contributed by atoms with Gasteiger partial charge in [0.05, 0.1) is 11.2 Å². The van der Waals surface area contributed by atoms with Crippen LogP contribution in [0.1, 0.15) is 44.6 Å². The molecule has 2 heterocycles. The van der Waals surface area contributed by atoms with Gasteiger partial charge >= 0.3 is 0 Å². The number of hydrogen-bond acceptors (Lipinski definition) is 4. The van der Waals surface area contributed by atoms with Crippen LogP contribution >= 0.6 is 0 Å². The van der Waals surface area contributed by atoms with Crippen LogP contribution in [-0.2, 0) is 9.59 Å². The fourth-order valence-corrected chi connectivity index (χ4v) is 2.98. The van der Waals surface area contributed by atoms with E-state index in [2.05, 4.69) is 41.6 Å². The van der Waals surface area contributed by atoms with E-state index in [1.54, 1.807) is 6.20 Å². The predicted molar refractivity (Wildman–Crippen MR) is 90.2 cm³/mol. The summed E-state index contributed by atoms with van der Waals surface area (Å²) in [5.41, 5.74) is 2.97. The van der Waals surface area contributed by atoms with Crippen LogP contribution in [0.15, 0.2) is 30.5 Å². The molecule has 0 radical (unpaired) electrons. The molecule has 2 atom stereocenters. The van der Waals surface area contributed by atoms with Gasteiger partial charge in [-0.05, 0) is 36.5 Å². The topological polar surface area (TPSA) is 71.1 Å². The number of rotatable bonds is 4. The van der Waals surface area contributed by atoms with E-state index in [4.69, 9.17) is 0 Å². The zero-order valence-corrected chi connectivity index (χ0v) is 13.4. The molecule has 1 aliphatic heterocycles. The van der Waals surface area contributed by atoms with Gasteiger partial charge in [-0.2, -0.15) is 0 Å². The first-order chi connectivity index (χ1) is 11.1. The van der Waals surface area contributed by atoms with E-state index in [-0.39, 0.29) is 11.8 Å². The highest BCUT2D eigenvalue weighted by atomic mass is 16.2. The maximum absolute atomic E-state index is 12.0. The van der Waals surface area contributed by atoms with Crippen molar-refractivity contribution < 1.29 is 9.59 Å². The molecule has 1 aromatic heterocycles. The van der Waals surface area contributed by atoms with Crippen molar-refractivity contribution in [1.82, 2.24) is 10.3 Å². The van der Waals surface area contributed by atoms with E-state index in [0.29, 0.717) is 18.8 Å². The van der Waals surface area contributed by atoms with Crippen molar-refractivity contribution in [1.29, 1.82) is 0 Å². The molecular formula is C18H21N3O2. The Morgan fingerprint density at radius 1 is 1.35 bits per heavy atom. The zero-order chi connectivity index (χ0) is 16.4. The van der Waals surface area contributed by atoms with Gasteiger partial charge in [-0.1, -0.05) is 26.0 Å². The van der Waals surface area contributed by atoms with Crippen molar-refractivity contribution in [2.75, 3.05) is 5.32 Å². The van der Waals surface area contributed by atoms with Crippen LogP contribution < -0.4 is 10.6 Å². The first-order valence-electron chi connectivity index (χ1n) is 8.08. The average Bonchev–Trinajstić information content (AvgIpc) is 2.57. The van der Waals surface area contributed by atoms with Crippen molar-refractivity contribution in [3.63, 3.8) is 0 Å². The molecule has 2 aromatic rings. The van der Waals surface area contributed by atoms with E-state index in [9.17, 15) is 9.59 Å². The molecule has 23 heavy (non-hydrogen) atoms. The Hall–Kier alpha value is -2.43. The number of carbonyl (C=O) groups is 2. The van der Waals surface area contributed by atoms with Crippen LogP contribution in [0, 0.1) is 0 Å². The van der Waals surface area contributed by atoms with Gasteiger partial charge in [0.2, 0.25) is 11.8 Å². The zero-order valence-electron chi connectivity index (χ0n) is 13.4. The van der Waals surface area contributed by atoms with E-state index in [1.165, 1.54) is 5.56 Å². The second-order valence-corrected chi connectivity index (χ2v) is 6.06. The molecular weight excluding hydrogens is 290 g/mol. The summed E-state index contributed by atoms with van der Waals surface area (Å²) < 4.78 is 0. The van der Waals surface area contributed by atoms with Crippen molar-refractivity contribution in [3.05, 3.63) is 36.0 Å². The Labute approximate surface area is 135 Å². The molecule has 2 unspecified atom stereocenters. The quantitative estimate of drug-likeness (QED) is 0.852. The van der Waals surface area contributed by atoms with Gasteiger partial charge in [0.15, 0.2) is 0 Å². The molecule has 0 bridgehead atoms. The number of piperidine rings is 1. The van der Waals surface area contributed by atoms with Crippen LogP contribution in [0.25, 0.3) is 10.9 Å². The van der Waals surface area contributed by atoms with Gasteiger partial charge in [-0.15, -0.1) is 0 Å². The number of nitrogens with one attached hydrogen (secondary N) is 2. The number of anilines is 1. The molecule has 2 amide bonds. The predicted octanol–water partition coefficient (Wildman–Crippen LogP) is 2.97. The minimum absolute atomic E-state index is 0.205. The van der Waals surface area contributed by atoms with Crippen LogP contribution in [0.5, 0.6) is 0 Å². The van der Waals surface area contributed by atoms with E-state index in [1.807, 2.05) is 12.1 Å². The number of aromatic nitrogens is 1. The van der Waals surface area contributed by atoms with Gasteiger partial charge < -0.3 is 5.32 Å². The molecule has 1 saturated heterocycles. The standard InChI is InChI=1S/C18H21N3O2/c1-3-11(2)12-6-7-14(17-13(12)5-4-10-19-17)20-15-8-9-16(22)21-18(15)23/h4-7,10-11,15,20H,3,8-9H2,1-2H3,(H,21,22,23). The summed E-state index contributed by atoms with van der Waals surface area (Å²) in [5, 5.41) is 6.74. The molecule has 3 rings (SSSR count). The molecule has 120 valence electrons. The Kier molecular flexibility index (Phi) is 4.28. The normalized spacial score (nSPS) is 19.5. The largest absolute Gasteiger partial charge is 0.372 e. The Balaban J connectivity index is 1.96. The molecule has 1 aromatic carbocycles. The van der Waals surface area contributed by atoms with Crippen molar-refractivity contribution >= 4 is 28.4 Å². The molecule has 0 spiro atoms. The number of carbonyl (C=O) groups excluding carboxylic acids is 2. The molecule has 0 saturated carbocycles. The molecule has 1 fully saturated rings. The number of nitrogens with zero attached hydrogens (tertiary/aromatic N) is 1. The Bertz CT molecular complexity index is 757. The Morgan fingerprint density at radius 2 is 2.17 bits per heavy atom. The highest BCUT2D eigenvalue weighted by molar-refractivity contribution is 6.02. The lowest BCUT2D eigenvalue weighted by atomic mass is 9.94. The van der Waals surface area contributed by atoms with Crippen molar-refractivity contribution in [3.8, 4) is 0 Å². The first-order valence-corrected chi connectivity index (χ1v) is 8.08. The first kappa shape index (κ1) is 15.5. The summed E-state index contributed by atoms with van der Waals surface area (Å²) in [6.45, 7) is 4.37. The number of pyridine rings is 1. The minimum Gasteiger partial charge on any atom is -0.372 e. The number of hydrogen-bond donors (Lipinski definition) is 2. The highest BCUT2D eigenvalue weighted by Crippen LogP contribution is 2.31. The van der Waals surface area contributed by atoms with E-state index < -0.39 is 6.04 Å². The summed E-state index contributed by atoms with van der Waals surface area (Å²) >= 11 is 0. The van der Waals surface area contributed by atoms with Crippen LogP contribution in [0.3, 0.4) is 0 Å². The van der Waals surface area contributed by atoms with Gasteiger partial charge in [-0.25, -0.2) is 0 Å². The third-order valence-electron chi connectivity index (χ3n) is 4.52. The second kappa shape index (κ2) is 6.36. The van der Waals surface area contributed by atoms with Gasteiger partial charge in [0.1, 0.15) is 6.04 Å². The SMILES string of the molecule is CCC(C)c1ccc(NC2CCC(=O)NC2=O)c2ncccc12. The Morgan fingerprint density at radius 3 is 2.91 bits per heavy atom. The van der Waals surface area contributed by atoms with Gasteiger partial charge in [0.25, 0.3) is 0 Å². The monoisotopic (exact) mass is 311 g/mol. The average molecular weight is 311 g/mol. The number of imide groups is 1. The fourth-order valence-electron chi connectivity index (χ4n) is 2.98. The third-order valence-corrected chi connectivity index (χ3v) is 4.52. The van der Waals surface area contributed by atoms with E-state index in [0.717, 1.165) is 23.0 Å². The summed E-state index contributed by atoms with van der Waals surface area (Å²) in [6, 6.07) is 7.70. The third kappa shape index (κ3) is 3.04. The van der Waals surface area contributed by atoms with Crippen LogP contribution in [-0.4, -0.2) is 22.8 Å². The maximum atomic E-state index is 12.0. The van der Waals surface area contributed by atoms with Crippen LogP contribution in [0.4, 0.5) is 5.69 Å². The van der Waals surface area contributed by atoms with Crippen LogP contribution in [0.2, 0.25) is 0 Å². The van der Waals surface area contributed by atoms with Crippen molar-refractivity contribution in [2.45, 2.75) is 45.1 Å². The molecule has 1 aliphatic rings. The van der Waals surface area contributed by atoms with Crippen molar-refractivity contribution in [2.24, 2.45) is 0 Å². The molecule has 5 nitrogen and oxygen atoms in total. The fraction of sp³-hybridized carbons (Fsp3) is 0.389. The minimum atomic E-state index is -0.396. The smallest absolute Gasteiger partial charge is 0.249 e. The second-order valence-electron chi connectivity index (χ2n) is 6.06. The van der Waals surface area contributed by atoms with Gasteiger partial charge in [-0.3, -0.25) is 19.9 Å². The highest BCUT2D eigenvalue weighted by Gasteiger charge is 2.27. The lowest BCUT2D eigenvalue weighted by Crippen LogP contribution is -2.47. The maximum Gasteiger partial charge on any atom is 0.249 e. The lowest BCUT2D eigenvalue weighted by molar-refractivity contribution is -0.133. The summed E-state index contributed by atoms with van der Waals surface area (Å²) in [5.74, 6) is -0.0224. The number of benzene rings is 1. The van der Waals surface area contributed by atoms with Gasteiger partial charge in [0, 0.05) is 18.0 Å². The summed E-state index contributed by atoms with van der Waals surface area (Å²) in [7, 11) is 0. The number of fused-ring (bicyclic) bond motifs is 1. The number of amides is 2. The summed E-state index contributed by atoms with van der Waals surface area (Å²) in [4.78, 5) is 27.7. The molecule has 2 N–H and O–H groups in total. The van der Waals surface area contributed by atoms with E-state index >= 15 is 0 Å². The summed E-state index contributed by atoms with van der Waals surface area (Å²) in [6.07, 6.45) is 3.69. The molecule has 5 heteroatoms. The lowest BCUT2D eigenvalue weighted by Gasteiger charge is -2.24.